The van der Waals surface area contributed by atoms with Gasteiger partial charge in [-0.3, -0.25) is 4.79 Å². The van der Waals surface area contributed by atoms with Crippen LogP contribution >= 0.6 is 0 Å². The number of benzene rings is 1. The lowest BCUT2D eigenvalue weighted by molar-refractivity contribution is -0.127. The quantitative estimate of drug-likeness (QED) is 0.350. The van der Waals surface area contributed by atoms with Crippen molar-refractivity contribution in [3.63, 3.8) is 0 Å². The molecule has 0 amide bonds. The summed E-state index contributed by atoms with van der Waals surface area (Å²) in [7, 11) is 1.85. The van der Waals surface area contributed by atoms with Gasteiger partial charge < -0.3 is 4.74 Å². The molecule has 1 aromatic heterocycles. The van der Waals surface area contributed by atoms with Crippen LogP contribution in [0.15, 0.2) is 18.2 Å². The van der Waals surface area contributed by atoms with Crippen molar-refractivity contribution in [1.29, 1.82) is 0 Å². The Morgan fingerprint density at radius 1 is 1.28 bits per heavy atom. The zero-order valence-electron chi connectivity index (χ0n) is 23.2. The van der Waals surface area contributed by atoms with Gasteiger partial charge in [-0.15, -0.1) is 5.10 Å². The summed E-state index contributed by atoms with van der Waals surface area (Å²) in [5.74, 6) is 2.32. The lowest BCUT2D eigenvalue weighted by Gasteiger charge is -2.46. The summed E-state index contributed by atoms with van der Waals surface area (Å²) < 4.78 is 21.6. The van der Waals surface area contributed by atoms with Gasteiger partial charge >= 0.3 is 0 Å². The number of halogens is 1. The summed E-state index contributed by atoms with van der Waals surface area (Å²) in [6, 6.07) is 4.76. The Bertz CT molecular complexity index is 1050. The second-order valence-electron chi connectivity index (χ2n) is 12.7. The summed E-state index contributed by atoms with van der Waals surface area (Å²) in [5.41, 5.74) is 1.05. The first kappa shape index (κ1) is 27.2. The van der Waals surface area contributed by atoms with E-state index in [1.165, 1.54) is 49.3 Å². The number of hydrogen-bond acceptors (Lipinski definition) is 4. The Labute approximate surface area is 216 Å². The predicted molar refractivity (Wildman–Crippen MR) is 142 cm³/mol. The topological polar surface area (TPSA) is 57.0 Å². The fourth-order valence-corrected chi connectivity index (χ4v) is 8.02. The number of ketones is 1. The standard InChI is InChI=1S/C30H46FN3O2/c1-7-30(19-36-6)16-15-20(2)17-22(30)12-11-21(3)23-13-14-24(29(23,4)5)27(35)18-34-28-25(31)9-8-10-26(28)32-33-34/h8-10,20-24H,7,11-19H2,1-6H3. The average Bonchev–Trinajstić information content (AvgIpc) is 3.39. The van der Waals surface area contributed by atoms with Crippen LogP contribution in [0.5, 0.6) is 0 Å². The number of carbonyl (C=O) groups is 1. The van der Waals surface area contributed by atoms with Crippen LogP contribution in [0.1, 0.15) is 86.0 Å². The fraction of sp³-hybridized carbons (Fsp3) is 0.767. The molecule has 0 radical (unpaired) electrons. The molecule has 2 aliphatic carbocycles. The van der Waals surface area contributed by atoms with Crippen molar-refractivity contribution in [2.24, 2.45) is 40.4 Å². The maximum absolute atomic E-state index is 14.4. The normalized spacial score (nSPS) is 31.1. The minimum atomic E-state index is -0.379. The Kier molecular flexibility index (Phi) is 8.23. The molecule has 0 saturated heterocycles. The van der Waals surface area contributed by atoms with E-state index in [4.69, 9.17) is 4.74 Å². The SMILES string of the molecule is CCC1(COC)CCC(C)CC1CCC(C)C1CCC(C(=O)Cn2nnc3cccc(F)c32)C1(C)C. The number of ether oxygens (including phenoxy) is 1. The van der Waals surface area contributed by atoms with Gasteiger partial charge in [-0.25, -0.2) is 9.07 Å². The average molecular weight is 500 g/mol. The molecule has 2 fully saturated rings. The molecule has 2 aliphatic rings. The second-order valence-corrected chi connectivity index (χ2v) is 12.7. The molecule has 200 valence electrons. The smallest absolute Gasteiger partial charge is 0.157 e. The molecule has 0 aliphatic heterocycles. The van der Waals surface area contributed by atoms with Crippen molar-refractivity contribution in [3.8, 4) is 0 Å². The number of rotatable bonds is 10. The molecule has 0 spiro atoms. The van der Waals surface area contributed by atoms with Gasteiger partial charge in [-0.05, 0) is 85.2 Å². The Morgan fingerprint density at radius 2 is 2.06 bits per heavy atom. The van der Waals surface area contributed by atoms with E-state index in [2.05, 4.69) is 44.9 Å². The summed E-state index contributed by atoms with van der Waals surface area (Å²) >= 11 is 0. The maximum atomic E-state index is 14.4. The highest BCUT2D eigenvalue weighted by atomic mass is 19.1. The molecule has 1 aromatic carbocycles. The lowest BCUT2D eigenvalue weighted by atomic mass is 9.60. The number of aromatic nitrogens is 3. The Morgan fingerprint density at radius 3 is 2.78 bits per heavy atom. The van der Waals surface area contributed by atoms with Crippen LogP contribution in [0.2, 0.25) is 0 Å². The van der Waals surface area contributed by atoms with Crippen molar-refractivity contribution in [3.05, 3.63) is 24.0 Å². The number of Topliss-reactive ketones (excluding diaryl/α,β-unsaturated/α-hetero) is 1. The van der Waals surface area contributed by atoms with Crippen LogP contribution in [-0.2, 0) is 16.1 Å². The van der Waals surface area contributed by atoms with Gasteiger partial charge in [0.2, 0.25) is 0 Å². The first-order chi connectivity index (χ1) is 17.1. The first-order valence-electron chi connectivity index (χ1n) is 14.1. The molecule has 6 atom stereocenters. The van der Waals surface area contributed by atoms with Crippen LogP contribution in [0.3, 0.4) is 0 Å². The molecule has 2 aromatic rings. The van der Waals surface area contributed by atoms with E-state index in [0.717, 1.165) is 25.4 Å². The molecule has 6 unspecified atom stereocenters. The number of carbonyl (C=O) groups excluding carboxylic acids is 1. The second kappa shape index (κ2) is 10.9. The highest BCUT2D eigenvalue weighted by molar-refractivity contribution is 5.84. The number of nitrogens with zero attached hydrogens (tertiary/aromatic N) is 3. The van der Waals surface area contributed by atoms with Gasteiger partial charge in [-0.2, -0.15) is 0 Å². The monoisotopic (exact) mass is 499 g/mol. The molecule has 5 nitrogen and oxygen atoms in total. The highest BCUT2D eigenvalue weighted by Crippen LogP contribution is 2.53. The van der Waals surface area contributed by atoms with Crippen molar-refractivity contribution >= 4 is 16.8 Å². The van der Waals surface area contributed by atoms with Gasteiger partial charge in [0.15, 0.2) is 11.6 Å². The number of hydrogen-bond donors (Lipinski definition) is 0. The number of para-hydroxylation sites is 1. The van der Waals surface area contributed by atoms with Gasteiger partial charge in [0.25, 0.3) is 0 Å². The Hall–Kier alpha value is -1.82. The summed E-state index contributed by atoms with van der Waals surface area (Å²) in [6.07, 6.45) is 9.52. The van der Waals surface area contributed by atoms with Crippen LogP contribution in [0, 0.1) is 46.2 Å². The van der Waals surface area contributed by atoms with Crippen molar-refractivity contribution < 1.29 is 13.9 Å². The minimum Gasteiger partial charge on any atom is -0.384 e. The third-order valence-electron chi connectivity index (χ3n) is 10.3. The predicted octanol–water partition coefficient (Wildman–Crippen LogP) is 7.09. The molecule has 0 N–H and O–H groups in total. The number of fused-ring (bicyclic) bond motifs is 1. The molecule has 1 heterocycles. The van der Waals surface area contributed by atoms with Crippen LogP contribution in [-0.4, -0.2) is 34.5 Å². The van der Waals surface area contributed by atoms with Crippen molar-refractivity contribution in [2.45, 2.75) is 92.5 Å². The lowest BCUT2D eigenvalue weighted by Crippen LogP contribution is -2.40. The summed E-state index contributed by atoms with van der Waals surface area (Å²) in [5, 5.41) is 8.15. The molecule has 36 heavy (non-hydrogen) atoms. The van der Waals surface area contributed by atoms with E-state index >= 15 is 0 Å². The largest absolute Gasteiger partial charge is 0.384 e. The van der Waals surface area contributed by atoms with Gasteiger partial charge in [0.05, 0.1) is 6.61 Å². The third kappa shape index (κ3) is 5.12. The molecular weight excluding hydrogens is 453 g/mol. The zero-order chi connectivity index (χ0) is 26.1. The number of methoxy groups -OCH3 is 1. The van der Waals surface area contributed by atoms with Gasteiger partial charge in [-0.1, -0.05) is 58.7 Å². The molecule has 6 heteroatoms. The minimum absolute atomic E-state index is 0.0334. The molecule has 0 bridgehead atoms. The van der Waals surface area contributed by atoms with E-state index < -0.39 is 0 Å². The fourth-order valence-electron chi connectivity index (χ4n) is 8.02. The maximum Gasteiger partial charge on any atom is 0.157 e. The van der Waals surface area contributed by atoms with Gasteiger partial charge in [0.1, 0.15) is 17.6 Å². The van der Waals surface area contributed by atoms with Crippen molar-refractivity contribution in [2.75, 3.05) is 13.7 Å². The summed E-state index contributed by atoms with van der Waals surface area (Å²) in [4.78, 5) is 13.5. The summed E-state index contributed by atoms with van der Waals surface area (Å²) in [6.45, 7) is 12.6. The van der Waals surface area contributed by atoms with Crippen LogP contribution < -0.4 is 0 Å². The first-order valence-corrected chi connectivity index (χ1v) is 14.1. The molecule has 2 saturated carbocycles. The Balaban J connectivity index is 1.41. The van der Waals surface area contributed by atoms with Crippen LogP contribution in [0.25, 0.3) is 11.0 Å². The van der Waals surface area contributed by atoms with E-state index in [1.807, 2.05) is 7.11 Å². The van der Waals surface area contributed by atoms with E-state index in [0.29, 0.717) is 34.2 Å². The van der Waals surface area contributed by atoms with Crippen LogP contribution in [0.4, 0.5) is 4.39 Å². The van der Waals surface area contributed by atoms with E-state index in [-0.39, 0.29) is 29.5 Å². The van der Waals surface area contributed by atoms with E-state index in [1.54, 1.807) is 12.1 Å². The van der Waals surface area contributed by atoms with Crippen molar-refractivity contribution in [1.82, 2.24) is 15.0 Å². The molecule has 4 rings (SSSR count). The molecular formula is C30H46FN3O2. The highest BCUT2D eigenvalue weighted by Gasteiger charge is 2.48. The third-order valence-corrected chi connectivity index (χ3v) is 10.3. The zero-order valence-corrected chi connectivity index (χ0v) is 23.2. The van der Waals surface area contributed by atoms with Gasteiger partial charge in [0, 0.05) is 13.0 Å². The van der Waals surface area contributed by atoms with E-state index in [9.17, 15) is 9.18 Å².